The van der Waals surface area contributed by atoms with Gasteiger partial charge in [0, 0.05) is 11.1 Å². The van der Waals surface area contributed by atoms with Crippen LogP contribution in [0.3, 0.4) is 0 Å². The molecule has 0 spiro atoms. The fraction of sp³-hybridized carbons (Fsp3) is 0.385. The van der Waals surface area contributed by atoms with Crippen molar-refractivity contribution in [2.75, 3.05) is 0 Å². The Morgan fingerprint density at radius 2 is 0.533 bits per heavy atom. The second kappa shape index (κ2) is 16.7. The zero-order chi connectivity index (χ0) is 45.1. The molecule has 0 fully saturated rings. The summed E-state index contributed by atoms with van der Waals surface area (Å²) in [4.78, 5) is 3.76. The molecule has 0 unspecified atom stereocenters. The summed E-state index contributed by atoms with van der Waals surface area (Å²) in [6, 6.07) is 37.5. The summed E-state index contributed by atoms with van der Waals surface area (Å²) in [5.41, 5.74) is 17.8. The van der Waals surface area contributed by atoms with E-state index < -0.39 is 62.7 Å². The van der Waals surface area contributed by atoms with Crippen LogP contribution in [-0.4, -0.2) is 62.7 Å². The molecule has 0 radical (unpaired) electrons. The molecule has 0 nitrogen and oxygen atoms in total. The molecule has 1 heterocycles. The average molecular weight is 926 g/mol. The van der Waals surface area contributed by atoms with Crippen molar-refractivity contribution in [1.82, 2.24) is 0 Å². The van der Waals surface area contributed by atoms with E-state index in [1.54, 1.807) is 10.4 Å². The van der Waals surface area contributed by atoms with Crippen LogP contribution < -0.4 is 0 Å². The molecule has 0 N–H and O–H groups in total. The Hall–Kier alpha value is -2.78. The van der Waals surface area contributed by atoms with Crippen LogP contribution in [-0.2, 0) is 0 Å². The zero-order valence-corrected chi connectivity index (χ0v) is 49.2. The number of hydrogen-bond donors (Lipinski definition) is 0. The van der Waals surface area contributed by atoms with Crippen molar-refractivity contribution in [3.05, 3.63) is 129 Å². The van der Waals surface area contributed by atoms with Crippen molar-refractivity contribution in [2.24, 2.45) is 0 Å². The van der Waals surface area contributed by atoms with Crippen molar-refractivity contribution < 1.29 is 0 Å². The Balaban J connectivity index is 1.54. The summed E-state index contributed by atoms with van der Waals surface area (Å²) < 4.78 is 0. The van der Waals surface area contributed by atoms with Gasteiger partial charge >= 0.3 is 0 Å². The summed E-state index contributed by atoms with van der Waals surface area (Å²) in [5.74, 6) is 7.12. The predicted octanol–water partition coefficient (Wildman–Crippen LogP) is 15.6. The lowest BCUT2D eigenvalue weighted by atomic mass is 10.0. The lowest BCUT2D eigenvalue weighted by molar-refractivity contribution is 1.52. The first kappa shape index (κ1) is 48.3. The summed E-state index contributed by atoms with van der Waals surface area (Å²) >= 11 is 0. The van der Waals surface area contributed by atoms with Crippen LogP contribution in [0.5, 0.6) is 0 Å². The molecular formula is C52H76Si8. The highest BCUT2D eigenvalue weighted by atomic mass is 29.3. The van der Waals surface area contributed by atoms with Crippen LogP contribution in [0.25, 0.3) is 32.6 Å². The Kier molecular flexibility index (Phi) is 13.5. The van der Waals surface area contributed by atoms with Crippen LogP contribution in [0.1, 0.15) is 22.3 Å². The van der Waals surface area contributed by atoms with Crippen molar-refractivity contribution in [3.8, 4) is 45.2 Å². The first-order valence-electron chi connectivity index (χ1n) is 22.3. The summed E-state index contributed by atoms with van der Waals surface area (Å²) in [6.07, 6.45) is 0. The van der Waals surface area contributed by atoms with Gasteiger partial charge in [-0.1, -0.05) is 236 Å². The third-order valence-corrected chi connectivity index (χ3v) is 65.6. The molecule has 0 aliphatic carbocycles. The van der Waals surface area contributed by atoms with Gasteiger partial charge in [0.05, 0.1) is 31.3 Å². The third-order valence-electron chi connectivity index (χ3n) is 14.1. The Morgan fingerprint density at radius 3 is 0.750 bits per heavy atom. The summed E-state index contributed by atoms with van der Waals surface area (Å²) in [7, 11) is -13.3. The molecule has 4 aromatic rings. The summed E-state index contributed by atoms with van der Waals surface area (Å²) in [6.45, 7) is 51.1. The highest BCUT2D eigenvalue weighted by Crippen LogP contribution is 2.54. The molecule has 0 bridgehead atoms. The molecule has 60 heavy (non-hydrogen) atoms. The normalized spacial score (nSPS) is 16.2. The minimum Gasteiger partial charge on any atom is -0.130 e. The van der Waals surface area contributed by atoms with Gasteiger partial charge in [0.25, 0.3) is 0 Å². The van der Waals surface area contributed by atoms with E-state index in [2.05, 4.69) is 251 Å². The summed E-state index contributed by atoms with van der Waals surface area (Å²) in [5, 5.41) is 3.53. The standard InChI is InChI=1S/C52H76Si8/c1-53(2,3)51-49(47-33-29-45(30-34-47)43-25-21-41(22-26-43)37-39-57(13,14)55(7,8)9)60(19,20)52(54(4,5)6)50(59(51,17)18)48-35-31-46(32-36-48)44-27-23-42(24-28-44)38-40-58(15,16)56(10,11)12/h21-36H,1-20H3. The van der Waals surface area contributed by atoms with E-state index in [0.29, 0.717) is 0 Å². The average Bonchev–Trinajstić information content (AvgIpc) is 3.12. The molecular weight excluding hydrogens is 849 g/mol. The Labute approximate surface area is 375 Å². The fourth-order valence-electron chi connectivity index (χ4n) is 9.12. The molecule has 8 heteroatoms. The van der Waals surface area contributed by atoms with Crippen LogP contribution in [0.15, 0.2) is 107 Å². The maximum absolute atomic E-state index is 3.75. The molecule has 0 atom stereocenters. The van der Waals surface area contributed by atoms with Gasteiger partial charge in [-0.2, -0.15) is 0 Å². The van der Waals surface area contributed by atoms with Gasteiger partial charge in [0.1, 0.15) is 31.3 Å². The Morgan fingerprint density at radius 1 is 0.317 bits per heavy atom. The van der Waals surface area contributed by atoms with Gasteiger partial charge in [0.15, 0.2) is 0 Å². The van der Waals surface area contributed by atoms with E-state index in [-0.39, 0.29) is 0 Å². The molecule has 1 aliphatic rings. The van der Waals surface area contributed by atoms with Crippen LogP contribution >= 0.6 is 0 Å². The molecule has 4 aromatic carbocycles. The van der Waals surface area contributed by atoms with Crippen LogP contribution in [0.2, 0.25) is 131 Å². The first-order valence-corrected chi connectivity index (χ1v) is 50.3. The molecule has 1 aliphatic heterocycles. The molecule has 0 aromatic heterocycles. The SMILES string of the molecule is C[Si](C)(C)C1=C(c2ccc(-c3ccc(C#C[Si](C)(C)[Si](C)(C)C)cc3)cc2)[Si](C)(C)C([Si](C)(C)C)=C(c2ccc(-c3ccc(C#C[Si](C)(C)[Si](C)(C)C)cc3)cc2)[Si]1(C)C. The molecule has 0 saturated carbocycles. The van der Waals surface area contributed by atoms with Crippen LogP contribution in [0, 0.1) is 22.9 Å². The first-order chi connectivity index (χ1) is 27.3. The second-order valence-electron chi connectivity index (χ2n) is 23.8. The van der Waals surface area contributed by atoms with Crippen molar-refractivity contribution in [2.45, 2.75) is 131 Å². The lowest BCUT2D eigenvalue weighted by Crippen LogP contribution is -2.57. The van der Waals surface area contributed by atoms with E-state index in [4.69, 9.17) is 0 Å². The minimum atomic E-state index is -2.12. The number of rotatable bonds is 8. The van der Waals surface area contributed by atoms with Gasteiger partial charge in [-0.25, -0.2) is 0 Å². The van der Waals surface area contributed by atoms with Crippen molar-refractivity contribution in [1.29, 1.82) is 0 Å². The minimum absolute atomic E-state index is 1.13. The number of hydrogen-bond acceptors (Lipinski definition) is 0. The van der Waals surface area contributed by atoms with Gasteiger partial charge in [0.2, 0.25) is 0 Å². The maximum atomic E-state index is 3.75. The quantitative estimate of drug-likeness (QED) is 0.122. The Bertz CT molecular complexity index is 2230. The monoisotopic (exact) mass is 924 g/mol. The van der Waals surface area contributed by atoms with Crippen LogP contribution in [0.4, 0.5) is 0 Å². The fourth-order valence-corrected chi connectivity index (χ4v) is 43.9. The molecule has 0 amide bonds. The highest BCUT2D eigenvalue weighted by molar-refractivity contribution is 7.44. The second-order valence-corrected chi connectivity index (χ2v) is 75.8. The van der Waals surface area contributed by atoms with Crippen molar-refractivity contribution >= 4 is 73.1 Å². The van der Waals surface area contributed by atoms with Gasteiger partial charge < -0.3 is 0 Å². The van der Waals surface area contributed by atoms with Crippen molar-refractivity contribution in [3.63, 3.8) is 0 Å². The van der Waals surface area contributed by atoms with Gasteiger partial charge in [-0.3, -0.25) is 0 Å². The lowest BCUT2D eigenvalue weighted by Gasteiger charge is -2.52. The van der Waals surface area contributed by atoms with Gasteiger partial charge in [-0.05, 0) is 57.6 Å². The molecule has 0 saturated heterocycles. The highest BCUT2D eigenvalue weighted by Gasteiger charge is 2.53. The maximum Gasteiger partial charge on any atom is 0.123 e. The molecule has 5 rings (SSSR count). The van der Waals surface area contributed by atoms with E-state index in [1.165, 1.54) is 33.4 Å². The van der Waals surface area contributed by atoms with E-state index in [0.717, 1.165) is 11.1 Å². The number of benzene rings is 4. The zero-order valence-electron chi connectivity index (χ0n) is 41.2. The molecule has 316 valence electrons. The third kappa shape index (κ3) is 10.0. The van der Waals surface area contributed by atoms with E-state index in [1.807, 2.05) is 9.64 Å². The topological polar surface area (TPSA) is 0 Å². The van der Waals surface area contributed by atoms with Gasteiger partial charge in [-0.15, -0.1) is 11.1 Å². The van der Waals surface area contributed by atoms with E-state index >= 15 is 0 Å². The van der Waals surface area contributed by atoms with E-state index in [9.17, 15) is 0 Å². The largest absolute Gasteiger partial charge is 0.130 e. The smallest absolute Gasteiger partial charge is 0.123 e. The predicted molar refractivity (Wildman–Crippen MR) is 295 cm³/mol.